The van der Waals surface area contributed by atoms with Crippen molar-refractivity contribution in [2.24, 2.45) is 23.2 Å². The minimum absolute atomic E-state index is 0.0779. The number of hydrogen-bond acceptors (Lipinski definition) is 8. The van der Waals surface area contributed by atoms with Crippen molar-refractivity contribution in [3.8, 4) is 0 Å². The lowest BCUT2D eigenvalue weighted by atomic mass is 9.83. The van der Waals surface area contributed by atoms with Crippen LogP contribution in [0.4, 0.5) is 4.79 Å². The highest BCUT2D eigenvalue weighted by atomic mass is 32.2. The molecule has 13 heteroatoms. The van der Waals surface area contributed by atoms with E-state index >= 15 is 0 Å². The molecule has 0 spiro atoms. The van der Waals surface area contributed by atoms with E-state index in [0.29, 0.717) is 13.0 Å². The second kappa shape index (κ2) is 14.2. The van der Waals surface area contributed by atoms with Crippen LogP contribution in [0.5, 0.6) is 0 Å². The summed E-state index contributed by atoms with van der Waals surface area (Å²) in [4.78, 5) is 68.6. The number of ketones is 1. The van der Waals surface area contributed by atoms with Gasteiger partial charge in [0, 0.05) is 13.1 Å². The van der Waals surface area contributed by atoms with E-state index in [1.54, 1.807) is 46.4 Å². The number of amides is 4. The van der Waals surface area contributed by atoms with Crippen LogP contribution in [0.2, 0.25) is 0 Å². The summed E-state index contributed by atoms with van der Waals surface area (Å²) in [6.07, 6.45) is 4.50. The van der Waals surface area contributed by atoms with Crippen molar-refractivity contribution in [1.82, 2.24) is 20.9 Å². The number of fused-ring (bicyclic) bond motifs is 1. The molecule has 3 N–H and O–H groups in total. The monoisotopic (exact) mass is 668 g/mol. The molecule has 3 fully saturated rings. The third kappa shape index (κ3) is 8.80. The Balaban J connectivity index is 1.78. The number of carbonyl (C=O) groups excluding carboxylic acids is 5. The van der Waals surface area contributed by atoms with Crippen LogP contribution in [-0.2, 0) is 33.8 Å². The van der Waals surface area contributed by atoms with E-state index in [1.807, 2.05) is 6.92 Å². The quantitative estimate of drug-likeness (QED) is 0.267. The molecular formula is C33H56N4O8S. The first-order chi connectivity index (χ1) is 21.1. The molecule has 46 heavy (non-hydrogen) atoms. The molecule has 0 bridgehead atoms. The van der Waals surface area contributed by atoms with Crippen LogP contribution in [-0.4, -0.2) is 90.2 Å². The molecule has 4 amide bonds. The zero-order valence-electron chi connectivity index (χ0n) is 29.2. The van der Waals surface area contributed by atoms with Crippen LogP contribution in [0.25, 0.3) is 0 Å². The Morgan fingerprint density at radius 2 is 1.57 bits per heavy atom. The summed E-state index contributed by atoms with van der Waals surface area (Å²) in [6, 6.07) is -2.86. The molecule has 2 saturated carbocycles. The second-order valence-corrected chi connectivity index (χ2v) is 18.7. The molecule has 5 atom stereocenters. The smallest absolute Gasteiger partial charge is 0.408 e. The predicted molar refractivity (Wildman–Crippen MR) is 174 cm³/mol. The van der Waals surface area contributed by atoms with Crippen LogP contribution < -0.4 is 16.0 Å². The number of rotatable bonds is 12. The van der Waals surface area contributed by atoms with Gasteiger partial charge in [-0.3, -0.25) is 19.2 Å². The molecule has 0 aromatic rings. The summed E-state index contributed by atoms with van der Waals surface area (Å²) in [6.45, 7) is 16.0. The Morgan fingerprint density at radius 3 is 2.11 bits per heavy atom. The van der Waals surface area contributed by atoms with Crippen LogP contribution in [0.1, 0.15) is 107 Å². The Labute approximate surface area is 274 Å². The fraction of sp³-hybridized carbons (Fsp3) is 0.848. The third-order valence-corrected chi connectivity index (χ3v) is 12.5. The van der Waals surface area contributed by atoms with Crippen molar-refractivity contribution < 1.29 is 37.1 Å². The van der Waals surface area contributed by atoms with Gasteiger partial charge in [0.05, 0.1) is 16.5 Å². The molecule has 12 nitrogen and oxygen atoms in total. The highest BCUT2D eigenvalue weighted by molar-refractivity contribution is 7.92. The summed E-state index contributed by atoms with van der Waals surface area (Å²) in [5, 5.41) is 8.00. The van der Waals surface area contributed by atoms with Gasteiger partial charge in [0.1, 0.15) is 17.7 Å². The van der Waals surface area contributed by atoms with Crippen LogP contribution >= 0.6 is 0 Å². The van der Waals surface area contributed by atoms with Crippen molar-refractivity contribution in [3.63, 3.8) is 0 Å². The van der Waals surface area contributed by atoms with E-state index in [-0.39, 0.29) is 47.8 Å². The lowest BCUT2D eigenvalue weighted by molar-refractivity contribution is -0.145. The Morgan fingerprint density at radius 1 is 0.957 bits per heavy atom. The van der Waals surface area contributed by atoms with Gasteiger partial charge in [-0.1, -0.05) is 46.5 Å². The number of hydrogen-bond donors (Lipinski definition) is 3. The summed E-state index contributed by atoms with van der Waals surface area (Å²) in [5.74, 6) is -3.16. The predicted octanol–water partition coefficient (Wildman–Crippen LogP) is 3.13. The summed E-state index contributed by atoms with van der Waals surface area (Å²) in [5.41, 5.74) is -0.947. The number of carbonyl (C=O) groups is 5. The Kier molecular flexibility index (Phi) is 11.6. The van der Waals surface area contributed by atoms with Crippen molar-refractivity contribution >= 4 is 39.4 Å². The van der Waals surface area contributed by atoms with Gasteiger partial charge in [-0.2, -0.15) is 0 Å². The summed E-state index contributed by atoms with van der Waals surface area (Å²) < 4.78 is 29.3. The molecule has 262 valence electrons. The standard InChI is InChI=1S/C33H56N4O8S/c1-10-14-22(26(38)28(40)34-17-18-46(43,44)32(5,6)7)35-27(39)25-23-21(33(23,8)9)19-37(25)29(41)24(20-15-12-11-13-16-20)36-30(42)45-31(2,3)4/h20-25H,10-19H2,1-9H3,(H,34,40)(H,35,39)(H,36,42)/t21?,22?,23-,24-,25-/m0/s1. The zero-order valence-corrected chi connectivity index (χ0v) is 30.0. The molecule has 0 radical (unpaired) electrons. The van der Waals surface area contributed by atoms with E-state index in [9.17, 15) is 32.4 Å². The van der Waals surface area contributed by atoms with E-state index in [2.05, 4.69) is 29.8 Å². The fourth-order valence-electron chi connectivity index (χ4n) is 6.94. The van der Waals surface area contributed by atoms with Crippen LogP contribution in [0.15, 0.2) is 0 Å². The van der Waals surface area contributed by atoms with Crippen molar-refractivity contribution in [2.45, 2.75) is 136 Å². The van der Waals surface area contributed by atoms with Gasteiger partial charge in [0.2, 0.25) is 17.6 Å². The number of piperidine rings is 1. The summed E-state index contributed by atoms with van der Waals surface area (Å²) in [7, 11) is -3.51. The van der Waals surface area contributed by atoms with Crippen molar-refractivity contribution in [2.75, 3.05) is 18.8 Å². The first-order valence-electron chi connectivity index (χ1n) is 16.8. The number of alkyl carbamates (subject to hydrolysis) is 1. The van der Waals surface area contributed by atoms with E-state index in [0.717, 1.165) is 32.1 Å². The van der Waals surface area contributed by atoms with Gasteiger partial charge >= 0.3 is 6.09 Å². The third-order valence-electron chi connectivity index (χ3n) is 9.84. The van der Waals surface area contributed by atoms with Gasteiger partial charge in [-0.15, -0.1) is 0 Å². The molecule has 0 aromatic heterocycles. The Bertz CT molecular complexity index is 1280. The lowest BCUT2D eigenvalue weighted by Gasteiger charge is -2.37. The molecule has 1 heterocycles. The number of nitrogens with one attached hydrogen (secondary N) is 3. The molecule has 2 unspecified atom stereocenters. The number of Topliss-reactive ketones (excluding diaryl/α,β-unsaturated/α-hetero) is 1. The maximum Gasteiger partial charge on any atom is 0.408 e. The van der Waals surface area contributed by atoms with Crippen molar-refractivity contribution in [3.05, 3.63) is 0 Å². The maximum atomic E-state index is 14.3. The van der Waals surface area contributed by atoms with Crippen LogP contribution in [0.3, 0.4) is 0 Å². The van der Waals surface area contributed by atoms with Gasteiger partial charge in [-0.25, -0.2) is 13.2 Å². The summed E-state index contributed by atoms with van der Waals surface area (Å²) >= 11 is 0. The topological polar surface area (TPSA) is 168 Å². The minimum Gasteiger partial charge on any atom is -0.444 e. The first kappa shape index (κ1) is 37.8. The largest absolute Gasteiger partial charge is 0.444 e. The van der Waals surface area contributed by atoms with E-state index < -0.39 is 62.0 Å². The number of likely N-dealkylation sites (tertiary alicyclic amines) is 1. The highest BCUT2D eigenvalue weighted by Crippen LogP contribution is 2.65. The van der Waals surface area contributed by atoms with E-state index in [1.165, 1.54) is 0 Å². The minimum atomic E-state index is -3.51. The van der Waals surface area contributed by atoms with Gasteiger partial charge in [-0.05, 0) is 84.0 Å². The normalized spacial score (nSPS) is 24.3. The van der Waals surface area contributed by atoms with Gasteiger partial charge in [0.25, 0.3) is 5.91 Å². The van der Waals surface area contributed by atoms with Crippen LogP contribution in [0, 0.1) is 23.2 Å². The lowest BCUT2D eigenvalue weighted by Crippen LogP contribution is -2.60. The maximum absolute atomic E-state index is 14.3. The average molecular weight is 669 g/mol. The molecule has 1 saturated heterocycles. The second-order valence-electron chi connectivity index (χ2n) is 15.8. The zero-order chi connectivity index (χ0) is 34.8. The molecule has 0 aromatic carbocycles. The molecule has 3 rings (SSSR count). The molecular weight excluding hydrogens is 612 g/mol. The molecule has 2 aliphatic carbocycles. The highest BCUT2D eigenvalue weighted by Gasteiger charge is 2.69. The SMILES string of the molecule is CCCC(NC(=O)[C@@H]1[C@@H]2C(CN1C(=O)[C@@H](NC(=O)OC(C)(C)C)C1CCCCC1)C2(C)C)C(=O)C(=O)NCCS(=O)(=O)C(C)(C)C. The molecule has 1 aliphatic heterocycles. The van der Waals surface area contributed by atoms with Crippen molar-refractivity contribution in [1.29, 1.82) is 0 Å². The average Bonchev–Trinajstić information content (AvgIpc) is 3.26. The van der Waals surface area contributed by atoms with Gasteiger partial charge in [0.15, 0.2) is 9.84 Å². The number of ether oxygens (including phenoxy) is 1. The molecule has 3 aliphatic rings. The number of nitrogens with zero attached hydrogens (tertiary/aromatic N) is 1. The first-order valence-corrected chi connectivity index (χ1v) is 18.4. The fourth-order valence-corrected chi connectivity index (χ4v) is 7.92. The van der Waals surface area contributed by atoms with Gasteiger partial charge < -0.3 is 25.6 Å². The number of sulfone groups is 1. The van der Waals surface area contributed by atoms with E-state index in [4.69, 9.17) is 4.74 Å². The Hall–Kier alpha value is -2.70.